The summed E-state index contributed by atoms with van der Waals surface area (Å²) in [5.74, 6) is 1.11. The molecular weight excluding hydrogens is 600 g/mol. The Morgan fingerprint density at radius 1 is 0.938 bits per heavy atom. The van der Waals surface area contributed by atoms with Gasteiger partial charge in [0.15, 0.2) is 0 Å². The van der Waals surface area contributed by atoms with Crippen LogP contribution >= 0.6 is 0 Å². The third-order valence-electron chi connectivity index (χ3n) is 10.2. The summed E-state index contributed by atoms with van der Waals surface area (Å²) in [4.78, 5) is 33.6. The first-order valence-electron chi connectivity index (χ1n) is 17.2. The Bertz CT molecular complexity index is 1960. The molecule has 2 aromatic carbocycles. The summed E-state index contributed by atoms with van der Waals surface area (Å²) < 4.78 is 6.09. The standard InChI is InChI=1S/C39H42N6O3/c1-25(2)44-16-14-43(15-17-44)23-26-6-11-34(41-22-26)35-21-32-30(12-13-40-38(32)42-35)29-4-3-5-36(33(29)24-46)45-18-19-48-37-20-28(27-7-8-27)9-10-31(37)39(45)47/h3-6,9-13,20-22,25,27,46H,7-8,14-19,23-24H2,1-2H3,(H,40,42). The molecule has 2 aliphatic heterocycles. The number of amides is 1. The Morgan fingerprint density at radius 3 is 2.54 bits per heavy atom. The summed E-state index contributed by atoms with van der Waals surface area (Å²) in [7, 11) is 0. The number of ether oxygens (including phenoxy) is 1. The Balaban J connectivity index is 1.07. The van der Waals surface area contributed by atoms with Gasteiger partial charge < -0.3 is 19.7 Å². The molecule has 2 fully saturated rings. The number of benzene rings is 2. The number of rotatable bonds is 8. The number of nitrogens with zero attached hydrogens (tertiary/aromatic N) is 5. The van der Waals surface area contributed by atoms with Gasteiger partial charge in [-0.05, 0) is 91.3 Å². The van der Waals surface area contributed by atoms with Crippen molar-refractivity contribution >= 4 is 22.6 Å². The number of H-pyrrole nitrogens is 1. The lowest BCUT2D eigenvalue weighted by Gasteiger charge is -2.36. The van der Waals surface area contributed by atoms with Gasteiger partial charge in [0, 0.05) is 62.1 Å². The van der Waals surface area contributed by atoms with E-state index in [0.29, 0.717) is 47.7 Å². The summed E-state index contributed by atoms with van der Waals surface area (Å²) in [6.07, 6.45) is 6.13. The first kappa shape index (κ1) is 30.7. The second kappa shape index (κ2) is 12.8. The van der Waals surface area contributed by atoms with Crippen LogP contribution in [0.4, 0.5) is 5.69 Å². The van der Waals surface area contributed by atoms with E-state index >= 15 is 0 Å². The largest absolute Gasteiger partial charge is 0.491 e. The molecule has 246 valence electrons. The zero-order chi connectivity index (χ0) is 32.8. The first-order chi connectivity index (χ1) is 23.5. The van der Waals surface area contributed by atoms with Gasteiger partial charge in [0.1, 0.15) is 18.0 Å². The van der Waals surface area contributed by atoms with E-state index in [2.05, 4.69) is 57.9 Å². The fourth-order valence-corrected chi connectivity index (χ4v) is 7.25. The van der Waals surface area contributed by atoms with Crippen LogP contribution in [0.2, 0.25) is 0 Å². The average Bonchev–Trinajstić information content (AvgIpc) is 3.90. The smallest absolute Gasteiger partial charge is 0.262 e. The number of anilines is 1. The maximum atomic E-state index is 13.9. The van der Waals surface area contributed by atoms with E-state index in [1.54, 1.807) is 11.1 Å². The van der Waals surface area contributed by atoms with Crippen LogP contribution < -0.4 is 9.64 Å². The molecule has 3 aromatic heterocycles. The third-order valence-corrected chi connectivity index (χ3v) is 10.2. The summed E-state index contributed by atoms with van der Waals surface area (Å²) >= 11 is 0. The summed E-state index contributed by atoms with van der Waals surface area (Å²) in [5.41, 5.74) is 8.63. The molecule has 0 unspecified atom stereocenters. The molecule has 1 saturated heterocycles. The monoisotopic (exact) mass is 642 g/mol. The zero-order valence-electron chi connectivity index (χ0n) is 27.7. The molecule has 9 heteroatoms. The number of aliphatic hydroxyl groups is 1. The molecule has 9 nitrogen and oxygen atoms in total. The predicted molar refractivity (Wildman–Crippen MR) is 188 cm³/mol. The number of fused-ring (bicyclic) bond motifs is 2. The molecule has 1 amide bonds. The van der Waals surface area contributed by atoms with Crippen LogP contribution in [0.3, 0.4) is 0 Å². The highest BCUT2D eigenvalue weighted by atomic mass is 16.5. The molecule has 0 radical (unpaired) electrons. The maximum Gasteiger partial charge on any atom is 0.262 e. The molecule has 5 heterocycles. The van der Waals surface area contributed by atoms with Crippen molar-refractivity contribution in [2.24, 2.45) is 0 Å². The molecule has 0 atom stereocenters. The van der Waals surface area contributed by atoms with Gasteiger partial charge in [-0.1, -0.05) is 24.3 Å². The van der Waals surface area contributed by atoms with Crippen LogP contribution in [-0.4, -0.2) is 81.1 Å². The highest BCUT2D eigenvalue weighted by molar-refractivity contribution is 6.09. The van der Waals surface area contributed by atoms with Gasteiger partial charge in [0.2, 0.25) is 0 Å². The fraction of sp³-hybridized carbons (Fsp3) is 0.359. The van der Waals surface area contributed by atoms with Gasteiger partial charge in [0.05, 0.1) is 35.8 Å². The number of piperazine rings is 1. The van der Waals surface area contributed by atoms with Crippen molar-refractivity contribution in [3.05, 3.63) is 95.3 Å². The van der Waals surface area contributed by atoms with Gasteiger partial charge in [-0.15, -0.1) is 0 Å². The third kappa shape index (κ3) is 5.87. The van der Waals surface area contributed by atoms with Gasteiger partial charge in [-0.3, -0.25) is 19.6 Å². The molecular formula is C39H42N6O3. The number of pyridine rings is 2. The Hall–Kier alpha value is -4.57. The minimum atomic E-state index is -0.222. The number of nitrogens with one attached hydrogen (secondary N) is 1. The van der Waals surface area contributed by atoms with Crippen molar-refractivity contribution in [3.63, 3.8) is 0 Å². The lowest BCUT2D eigenvalue weighted by molar-refractivity contribution is 0.0989. The van der Waals surface area contributed by atoms with E-state index in [0.717, 1.165) is 66.3 Å². The van der Waals surface area contributed by atoms with Crippen molar-refractivity contribution < 1.29 is 14.6 Å². The van der Waals surface area contributed by atoms with Crippen molar-refractivity contribution in [1.82, 2.24) is 24.8 Å². The zero-order valence-corrected chi connectivity index (χ0v) is 27.7. The Labute approximate surface area is 281 Å². The van der Waals surface area contributed by atoms with Gasteiger partial charge >= 0.3 is 0 Å². The van der Waals surface area contributed by atoms with Crippen LogP contribution in [0.1, 0.15) is 59.7 Å². The first-order valence-corrected chi connectivity index (χ1v) is 17.2. The topological polar surface area (TPSA) is 97.8 Å². The summed E-state index contributed by atoms with van der Waals surface area (Å²) in [6, 6.07) is 20.7. The van der Waals surface area contributed by atoms with Crippen LogP contribution in [0.15, 0.2) is 73.1 Å². The molecule has 48 heavy (non-hydrogen) atoms. The fourth-order valence-electron chi connectivity index (χ4n) is 7.25. The van der Waals surface area contributed by atoms with Crippen LogP contribution in [0.25, 0.3) is 33.5 Å². The molecule has 0 spiro atoms. The second-order valence-electron chi connectivity index (χ2n) is 13.6. The average molecular weight is 643 g/mol. The maximum absolute atomic E-state index is 13.9. The number of aliphatic hydroxyl groups excluding tert-OH is 1. The van der Waals surface area contributed by atoms with Crippen molar-refractivity contribution in [2.75, 3.05) is 44.2 Å². The van der Waals surface area contributed by atoms with Gasteiger partial charge in [-0.25, -0.2) is 4.98 Å². The second-order valence-corrected chi connectivity index (χ2v) is 13.6. The van der Waals surface area contributed by atoms with E-state index in [9.17, 15) is 9.90 Å². The molecule has 1 aliphatic carbocycles. The lowest BCUT2D eigenvalue weighted by Crippen LogP contribution is -2.48. The Kier molecular flexibility index (Phi) is 8.20. The van der Waals surface area contributed by atoms with Gasteiger partial charge in [-0.2, -0.15) is 0 Å². The summed E-state index contributed by atoms with van der Waals surface area (Å²) in [5, 5.41) is 11.7. The SMILES string of the molecule is CC(C)N1CCN(Cc2ccc(-c3cc4c(-c5cccc(N6CCOc7cc(C8CC8)ccc7C6=O)c5CO)ccnc4[nH]3)nc2)CC1. The van der Waals surface area contributed by atoms with E-state index in [1.165, 1.54) is 24.0 Å². The van der Waals surface area contributed by atoms with Crippen molar-refractivity contribution in [2.45, 2.75) is 51.8 Å². The highest BCUT2D eigenvalue weighted by Gasteiger charge is 2.30. The highest BCUT2D eigenvalue weighted by Crippen LogP contribution is 2.43. The molecule has 1 saturated carbocycles. The predicted octanol–water partition coefficient (Wildman–Crippen LogP) is 6.23. The summed E-state index contributed by atoms with van der Waals surface area (Å²) in [6.45, 7) is 10.3. The molecule has 0 bridgehead atoms. The number of hydrogen-bond acceptors (Lipinski definition) is 7. The molecule has 3 aliphatic rings. The van der Waals surface area contributed by atoms with Crippen molar-refractivity contribution in [3.8, 4) is 28.3 Å². The van der Waals surface area contributed by atoms with E-state index in [4.69, 9.17) is 9.72 Å². The lowest BCUT2D eigenvalue weighted by atomic mass is 9.96. The number of hydrogen-bond donors (Lipinski definition) is 2. The number of carbonyl (C=O) groups is 1. The Morgan fingerprint density at radius 2 is 1.79 bits per heavy atom. The minimum absolute atomic E-state index is 0.118. The normalized spacial score (nSPS) is 17.5. The molecule has 5 aromatic rings. The molecule has 8 rings (SSSR count). The van der Waals surface area contributed by atoms with Crippen LogP contribution in [0.5, 0.6) is 5.75 Å². The number of aromatic nitrogens is 3. The minimum Gasteiger partial charge on any atom is -0.491 e. The van der Waals surface area contributed by atoms with Crippen molar-refractivity contribution in [1.29, 1.82) is 0 Å². The molecule has 2 N–H and O–H groups in total. The van der Waals surface area contributed by atoms with E-state index in [1.807, 2.05) is 42.6 Å². The van der Waals surface area contributed by atoms with E-state index < -0.39 is 0 Å². The van der Waals surface area contributed by atoms with Crippen LogP contribution in [-0.2, 0) is 13.2 Å². The quantitative estimate of drug-likeness (QED) is 0.207. The number of aromatic amines is 1. The van der Waals surface area contributed by atoms with Gasteiger partial charge in [0.25, 0.3) is 5.91 Å². The van der Waals surface area contributed by atoms with E-state index in [-0.39, 0.29) is 12.5 Å². The number of carbonyl (C=O) groups excluding carboxylic acids is 1. The van der Waals surface area contributed by atoms with Crippen LogP contribution in [0, 0.1) is 0 Å².